The normalized spacial score (nSPS) is 28.0. The third-order valence-corrected chi connectivity index (χ3v) is 7.02. The number of hydrogen-bond donors (Lipinski definition) is 2. The summed E-state index contributed by atoms with van der Waals surface area (Å²) in [5.41, 5.74) is -2.66. The van der Waals surface area contributed by atoms with Crippen molar-refractivity contribution in [1.29, 1.82) is 0 Å². The SMILES string of the molecule is O=C(NC12CC(n3cc(OCCCOC(F)(F)F)cn3)(C1)C2)[C@H]1C[C@H](O)c2cc(C(F)(F)F)c(F)cc2O1. The molecule has 1 amide bonds. The molecule has 1 aromatic heterocycles. The van der Waals surface area contributed by atoms with Gasteiger partial charge in [0.05, 0.1) is 42.8 Å². The first-order valence-corrected chi connectivity index (χ1v) is 11.6. The Labute approximate surface area is 210 Å². The second kappa shape index (κ2) is 9.00. The molecule has 8 nitrogen and oxygen atoms in total. The van der Waals surface area contributed by atoms with Crippen LogP contribution in [0.2, 0.25) is 0 Å². The van der Waals surface area contributed by atoms with Crippen molar-refractivity contribution < 1.29 is 54.8 Å². The molecule has 3 fully saturated rings. The van der Waals surface area contributed by atoms with Crippen LogP contribution < -0.4 is 14.8 Å². The number of amides is 1. The number of aliphatic hydroxyl groups is 1. The number of nitrogens with one attached hydrogen (secondary N) is 1. The summed E-state index contributed by atoms with van der Waals surface area (Å²) in [6, 6.07) is 1.02. The molecule has 6 rings (SSSR count). The lowest BCUT2D eigenvalue weighted by Gasteiger charge is -2.70. The van der Waals surface area contributed by atoms with E-state index in [0.29, 0.717) is 37.1 Å². The van der Waals surface area contributed by atoms with Crippen molar-refractivity contribution >= 4 is 5.91 Å². The molecular formula is C23H22F7N3O5. The van der Waals surface area contributed by atoms with Gasteiger partial charge in [-0.25, -0.2) is 4.39 Å². The number of fused-ring (bicyclic) bond motifs is 1. The highest BCUT2D eigenvalue weighted by Gasteiger charge is 2.70. The molecule has 2 N–H and O–H groups in total. The van der Waals surface area contributed by atoms with Crippen LogP contribution in [0.4, 0.5) is 30.7 Å². The lowest BCUT2D eigenvalue weighted by atomic mass is 9.44. The Kier molecular flexibility index (Phi) is 6.29. The van der Waals surface area contributed by atoms with Crippen LogP contribution in [0.5, 0.6) is 11.5 Å². The topological polar surface area (TPSA) is 94.8 Å². The molecule has 208 valence electrons. The van der Waals surface area contributed by atoms with Gasteiger partial charge in [0.1, 0.15) is 11.6 Å². The zero-order valence-electron chi connectivity index (χ0n) is 19.5. The van der Waals surface area contributed by atoms with E-state index in [0.717, 1.165) is 0 Å². The average Bonchev–Trinajstić information content (AvgIpc) is 3.21. The molecular weight excluding hydrogens is 531 g/mol. The predicted octanol–water partition coefficient (Wildman–Crippen LogP) is 3.98. The molecule has 0 spiro atoms. The van der Waals surface area contributed by atoms with E-state index in [1.165, 1.54) is 6.20 Å². The molecule has 2 heterocycles. The summed E-state index contributed by atoms with van der Waals surface area (Å²) in [6.45, 7) is -0.521. The third-order valence-electron chi connectivity index (χ3n) is 7.02. The van der Waals surface area contributed by atoms with E-state index >= 15 is 0 Å². The van der Waals surface area contributed by atoms with E-state index in [2.05, 4.69) is 15.2 Å². The van der Waals surface area contributed by atoms with E-state index in [-0.39, 0.29) is 36.3 Å². The lowest BCUT2D eigenvalue weighted by Crippen LogP contribution is -2.79. The second-order valence-corrected chi connectivity index (χ2v) is 9.87. The third kappa shape index (κ3) is 5.00. The number of ether oxygens (including phenoxy) is 3. The first-order valence-electron chi connectivity index (χ1n) is 11.6. The molecule has 4 aliphatic rings. The largest absolute Gasteiger partial charge is 0.522 e. The lowest BCUT2D eigenvalue weighted by molar-refractivity contribution is -0.324. The molecule has 1 aliphatic heterocycles. The van der Waals surface area contributed by atoms with Gasteiger partial charge in [-0.1, -0.05) is 0 Å². The molecule has 2 aromatic rings. The molecule has 0 unspecified atom stereocenters. The minimum atomic E-state index is -4.94. The number of carbonyl (C=O) groups is 1. The molecule has 3 aliphatic carbocycles. The zero-order valence-corrected chi connectivity index (χ0v) is 19.5. The van der Waals surface area contributed by atoms with E-state index in [1.54, 1.807) is 10.9 Å². The summed E-state index contributed by atoms with van der Waals surface area (Å²) < 4.78 is 105. The van der Waals surface area contributed by atoms with Gasteiger partial charge in [-0.15, -0.1) is 13.2 Å². The van der Waals surface area contributed by atoms with Crippen molar-refractivity contribution in [1.82, 2.24) is 15.1 Å². The number of halogens is 7. The number of carbonyl (C=O) groups excluding carboxylic acids is 1. The monoisotopic (exact) mass is 553 g/mol. The van der Waals surface area contributed by atoms with Crippen LogP contribution >= 0.6 is 0 Å². The predicted molar refractivity (Wildman–Crippen MR) is 112 cm³/mol. The summed E-state index contributed by atoms with van der Waals surface area (Å²) in [7, 11) is 0. The Balaban J connectivity index is 1.13. The summed E-state index contributed by atoms with van der Waals surface area (Å²) >= 11 is 0. The standard InChI is InChI=1S/C23H22F7N3O5/c24-15-5-17-13(4-14(15)22(25,26)27)16(34)6-18(38-17)19(35)32-20-9-21(10-20,11-20)33-8-12(7-31-33)36-2-1-3-37-23(28,29)30/h4-5,7-8,16,18,34H,1-3,6,9-11H2,(H,32,35)/t16-,18+,20?,21?/m0/s1. The number of aliphatic hydroxyl groups excluding tert-OH is 1. The molecule has 0 radical (unpaired) electrons. The number of benzene rings is 1. The van der Waals surface area contributed by atoms with E-state index < -0.39 is 54.2 Å². The van der Waals surface area contributed by atoms with Crippen molar-refractivity contribution in [3.8, 4) is 11.5 Å². The Bertz CT molecular complexity index is 1210. The smallest absolute Gasteiger partial charge is 0.490 e. The van der Waals surface area contributed by atoms with Gasteiger partial charge in [0.2, 0.25) is 0 Å². The van der Waals surface area contributed by atoms with Crippen LogP contribution in [0.1, 0.15) is 49.3 Å². The van der Waals surface area contributed by atoms with Crippen molar-refractivity contribution in [3.05, 3.63) is 41.5 Å². The van der Waals surface area contributed by atoms with Crippen LogP contribution in [0, 0.1) is 5.82 Å². The summed E-state index contributed by atoms with van der Waals surface area (Å²) in [6.07, 6.45) is -7.91. The highest BCUT2D eigenvalue weighted by atomic mass is 19.4. The average molecular weight is 553 g/mol. The van der Waals surface area contributed by atoms with Crippen LogP contribution in [0.3, 0.4) is 0 Å². The molecule has 3 saturated carbocycles. The number of rotatable bonds is 8. The van der Waals surface area contributed by atoms with E-state index in [9.17, 15) is 40.6 Å². The van der Waals surface area contributed by atoms with Crippen molar-refractivity contribution in [2.24, 2.45) is 0 Å². The Hall–Kier alpha value is -3.07. The maximum absolute atomic E-state index is 14.0. The Morgan fingerprint density at radius 1 is 1.18 bits per heavy atom. The van der Waals surface area contributed by atoms with Crippen LogP contribution in [0.15, 0.2) is 24.5 Å². The van der Waals surface area contributed by atoms with Crippen LogP contribution in [-0.4, -0.2) is 52.0 Å². The van der Waals surface area contributed by atoms with E-state index in [4.69, 9.17) is 9.47 Å². The fourth-order valence-corrected chi connectivity index (χ4v) is 5.37. The minimum absolute atomic E-state index is 0.00650. The Morgan fingerprint density at radius 2 is 1.89 bits per heavy atom. The first-order chi connectivity index (χ1) is 17.7. The summed E-state index contributed by atoms with van der Waals surface area (Å²) in [5.74, 6) is -2.08. The van der Waals surface area contributed by atoms with Gasteiger partial charge in [-0.2, -0.15) is 18.3 Å². The van der Waals surface area contributed by atoms with Gasteiger partial charge in [0.15, 0.2) is 11.9 Å². The molecule has 2 atom stereocenters. The van der Waals surface area contributed by atoms with Crippen LogP contribution in [0.25, 0.3) is 0 Å². The summed E-state index contributed by atoms with van der Waals surface area (Å²) in [5, 5.41) is 17.4. The molecule has 0 saturated heterocycles. The number of nitrogens with zero attached hydrogens (tertiary/aromatic N) is 2. The van der Waals surface area contributed by atoms with Gasteiger partial charge in [0, 0.05) is 30.0 Å². The molecule has 15 heteroatoms. The second-order valence-electron chi connectivity index (χ2n) is 9.87. The maximum Gasteiger partial charge on any atom is 0.522 e. The van der Waals surface area contributed by atoms with Gasteiger partial charge in [-0.3, -0.25) is 14.2 Å². The number of alkyl halides is 6. The molecule has 2 bridgehead atoms. The maximum atomic E-state index is 14.0. The van der Waals surface area contributed by atoms with Gasteiger partial charge >= 0.3 is 12.5 Å². The van der Waals surface area contributed by atoms with Crippen molar-refractivity contribution in [2.45, 2.75) is 67.9 Å². The fourth-order valence-electron chi connectivity index (χ4n) is 5.37. The molecule has 1 aromatic carbocycles. The van der Waals surface area contributed by atoms with Crippen molar-refractivity contribution in [2.75, 3.05) is 13.2 Å². The fraction of sp³-hybridized carbons (Fsp3) is 0.565. The first kappa shape index (κ1) is 26.5. The summed E-state index contributed by atoms with van der Waals surface area (Å²) in [4.78, 5) is 12.8. The highest BCUT2D eigenvalue weighted by Crippen LogP contribution is 2.65. The van der Waals surface area contributed by atoms with Gasteiger partial charge in [0.25, 0.3) is 5.91 Å². The van der Waals surface area contributed by atoms with E-state index in [1.807, 2.05) is 0 Å². The van der Waals surface area contributed by atoms with Crippen LogP contribution in [-0.2, 0) is 21.2 Å². The number of hydrogen-bond acceptors (Lipinski definition) is 6. The minimum Gasteiger partial charge on any atom is -0.490 e. The van der Waals surface area contributed by atoms with Gasteiger partial charge < -0.3 is 19.9 Å². The quantitative estimate of drug-likeness (QED) is 0.380. The zero-order chi connectivity index (χ0) is 27.5. The van der Waals surface area contributed by atoms with Gasteiger partial charge in [-0.05, 0) is 25.3 Å². The van der Waals surface area contributed by atoms with Crippen molar-refractivity contribution in [3.63, 3.8) is 0 Å². The number of aromatic nitrogens is 2. The molecule has 38 heavy (non-hydrogen) atoms. The highest BCUT2D eigenvalue weighted by molar-refractivity contribution is 5.83. The Morgan fingerprint density at radius 3 is 2.55 bits per heavy atom.